The summed E-state index contributed by atoms with van der Waals surface area (Å²) in [5.74, 6) is 0.825. The van der Waals surface area contributed by atoms with Crippen LogP contribution in [0.4, 0.5) is 0 Å². The first-order chi connectivity index (χ1) is 25.3. The molecule has 0 unspecified atom stereocenters. The lowest BCUT2D eigenvalue weighted by atomic mass is 10.1. The summed E-state index contributed by atoms with van der Waals surface area (Å²) in [5, 5.41) is 6.01. The fraction of sp³-hybridized carbons (Fsp3) is 0. The molecule has 0 aliphatic heterocycles. The molecule has 12 aromatic rings. The van der Waals surface area contributed by atoms with E-state index in [0.29, 0.717) is 5.71 Å². The highest BCUT2D eigenvalue weighted by Crippen LogP contribution is 2.39. The van der Waals surface area contributed by atoms with Crippen LogP contribution in [0.15, 0.2) is 168 Å². The van der Waals surface area contributed by atoms with Crippen LogP contribution < -0.4 is 0 Å². The third kappa shape index (κ3) is 3.52. The minimum absolute atomic E-state index is 0.642. The molecule has 0 spiro atoms. The fourth-order valence-electron chi connectivity index (χ4n) is 8.47. The van der Waals surface area contributed by atoms with E-state index in [1.54, 1.807) is 0 Å². The van der Waals surface area contributed by atoms with Gasteiger partial charge in [-0.05, 0) is 78.9 Å². The van der Waals surface area contributed by atoms with Crippen molar-refractivity contribution in [2.45, 2.75) is 0 Å². The number of rotatable bonds is 3. The van der Waals surface area contributed by atoms with E-state index >= 15 is 0 Å². The summed E-state index contributed by atoms with van der Waals surface area (Å²) in [4.78, 5) is 5.09. The van der Waals surface area contributed by atoms with E-state index in [2.05, 4.69) is 170 Å². The molecule has 0 aliphatic rings. The van der Waals surface area contributed by atoms with Crippen molar-refractivity contribution in [3.8, 4) is 17.1 Å². The second kappa shape index (κ2) is 9.77. The number of fused-ring (bicyclic) bond motifs is 13. The van der Waals surface area contributed by atoms with Crippen molar-refractivity contribution in [1.82, 2.24) is 23.1 Å². The molecule has 51 heavy (non-hydrogen) atoms. The minimum atomic E-state index is 0.642. The highest BCUT2D eigenvalue weighted by Gasteiger charge is 2.23. The summed E-state index contributed by atoms with van der Waals surface area (Å²) >= 11 is 0. The van der Waals surface area contributed by atoms with Crippen LogP contribution in [-0.2, 0) is 0 Å². The second-order valence-electron chi connectivity index (χ2n) is 13.3. The van der Waals surface area contributed by atoms with Gasteiger partial charge in [0.05, 0.1) is 33.1 Å². The van der Waals surface area contributed by atoms with Gasteiger partial charge in [-0.3, -0.25) is 8.97 Å². The van der Waals surface area contributed by atoms with Crippen molar-refractivity contribution >= 4 is 82.6 Å². The Morgan fingerprint density at radius 3 is 1.59 bits per heavy atom. The van der Waals surface area contributed by atoms with Crippen LogP contribution in [0.1, 0.15) is 0 Å². The van der Waals surface area contributed by atoms with Gasteiger partial charge in [0.25, 0.3) is 0 Å². The van der Waals surface area contributed by atoms with E-state index in [1.165, 1.54) is 32.6 Å². The Hall–Kier alpha value is -7.05. The first-order valence-corrected chi connectivity index (χ1v) is 17.2. The van der Waals surface area contributed by atoms with Gasteiger partial charge in [0.1, 0.15) is 11.1 Å². The highest BCUT2D eigenvalue weighted by molar-refractivity contribution is 6.12. The van der Waals surface area contributed by atoms with Crippen LogP contribution in [0.2, 0.25) is 0 Å². The Morgan fingerprint density at radius 2 is 0.902 bits per heavy atom. The number of benzene rings is 7. The smallest absolute Gasteiger partial charge is 0.248 e. The summed E-state index contributed by atoms with van der Waals surface area (Å²) in [7, 11) is 0. The van der Waals surface area contributed by atoms with Crippen molar-refractivity contribution < 1.29 is 4.42 Å². The van der Waals surface area contributed by atoms with E-state index in [9.17, 15) is 0 Å². The molecule has 6 nitrogen and oxygen atoms in total. The van der Waals surface area contributed by atoms with Crippen molar-refractivity contribution in [2.75, 3.05) is 0 Å². The molecule has 6 heteroatoms. The van der Waals surface area contributed by atoms with E-state index < -0.39 is 0 Å². The van der Waals surface area contributed by atoms with Crippen LogP contribution in [0.5, 0.6) is 0 Å². The van der Waals surface area contributed by atoms with Gasteiger partial charge in [-0.25, -0.2) is 0 Å². The molecule has 12 rings (SSSR count). The summed E-state index contributed by atoms with van der Waals surface area (Å²) in [6, 6.07) is 58.4. The quantitative estimate of drug-likeness (QED) is 0.190. The molecule has 238 valence electrons. The van der Waals surface area contributed by atoms with Crippen molar-refractivity contribution in [3.05, 3.63) is 164 Å². The summed E-state index contributed by atoms with van der Waals surface area (Å²) in [6.07, 6.45) is 0. The SMILES string of the molecule is c1ccc(-n2c3cc(-n4c5ccccc5c5cc(-n6c7ccccc7c7ccccc76)ccc54)ccc3n3c4c(nc23)oc2ccccc24)cc1. The molecular formula is C45H27N5O. The van der Waals surface area contributed by atoms with Gasteiger partial charge >= 0.3 is 0 Å². The van der Waals surface area contributed by atoms with Crippen LogP contribution in [0, 0.1) is 0 Å². The second-order valence-corrected chi connectivity index (χ2v) is 13.3. The van der Waals surface area contributed by atoms with Crippen LogP contribution in [-0.4, -0.2) is 23.1 Å². The molecule has 0 N–H and O–H groups in total. The van der Waals surface area contributed by atoms with E-state index in [0.717, 1.165) is 61.4 Å². The molecule has 0 bridgehead atoms. The lowest BCUT2D eigenvalue weighted by Crippen LogP contribution is -1.98. The van der Waals surface area contributed by atoms with Crippen LogP contribution in [0.25, 0.3) is 99.7 Å². The number of hydrogen-bond donors (Lipinski definition) is 0. The first kappa shape index (κ1) is 26.9. The number of furan rings is 1. The molecular weight excluding hydrogens is 627 g/mol. The molecule has 0 radical (unpaired) electrons. The number of aromatic nitrogens is 5. The van der Waals surface area contributed by atoms with Gasteiger partial charge in [-0.2, -0.15) is 4.98 Å². The highest BCUT2D eigenvalue weighted by atomic mass is 16.3. The van der Waals surface area contributed by atoms with E-state index in [4.69, 9.17) is 9.40 Å². The Morgan fingerprint density at radius 1 is 0.373 bits per heavy atom. The van der Waals surface area contributed by atoms with Crippen molar-refractivity contribution in [3.63, 3.8) is 0 Å². The third-order valence-electron chi connectivity index (χ3n) is 10.6. The molecule has 0 saturated carbocycles. The van der Waals surface area contributed by atoms with Crippen LogP contribution in [0.3, 0.4) is 0 Å². The maximum absolute atomic E-state index is 6.25. The Kier molecular flexibility index (Phi) is 5.14. The zero-order valence-electron chi connectivity index (χ0n) is 27.2. The standard InChI is InChI=1S/C45H27N5O/c1-2-12-28(13-3-1)49-41-27-30(23-25-40(41)50-43-34-17-7-11-21-42(34)51-44(43)46-45(49)50)48-38-20-10-6-16-33(38)35-26-29(22-24-39(35)48)47-36-18-8-4-14-31(36)32-15-5-9-19-37(32)47/h1-27H. The largest absolute Gasteiger partial charge is 0.436 e. The predicted molar refractivity (Wildman–Crippen MR) is 208 cm³/mol. The Labute approximate surface area is 290 Å². The van der Waals surface area contributed by atoms with Crippen LogP contribution >= 0.6 is 0 Å². The summed E-state index contributed by atoms with van der Waals surface area (Å²) < 4.78 is 15.5. The maximum atomic E-state index is 6.25. The summed E-state index contributed by atoms with van der Waals surface area (Å²) in [5.41, 5.74) is 12.6. The van der Waals surface area contributed by atoms with Gasteiger partial charge in [0.2, 0.25) is 11.5 Å². The zero-order chi connectivity index (χ0) is 33.2. The topological polar surface area (TPSA) is 45.2 Å². The Balaban J connectivity index is 1.14. The molecule has 0 saturated heterocycles. The number of nitrogens with zero attached hydrogens (tertiary/aromatic N) is 5. The molecule has 0 atom stereocenters. The molecule has 5 aromatic heterocycles. The average Bonchev–Trinajstić information content (AvgIpc) is 3.97. The molecule has 0 amide bonds. The summed E-state index contributed by atoms with van der Waals surface area (Å²) in [6.45, 7) is 0. The number of imidazole rings is 2. The maximum Gasteiger partial charge on any atom is 0.248 e. The fourth-order valence-corrected chi connectivity index (χ4v) is 8.47. The monoisotopic (exact) mass is 653 g/mol. The van der Waals surface area contributed by atoms with E-state index in [1.807, 2.05) is 12.1 Å². The zero-order valence-corrected chi connectivity index (χ0v) is 27.2. The lowest BCUT2D eigenvalue weighted by Gasteiger charge is -2.11. The third-order valence-corrected chi connectivity index (χ3v) is 10.6. The minimum Gasteiger partial charge on any atom is -0.436 e. The van der Waals surface area contributed by atoms with Crippen molar-refractivity contribution in [1.29, 1.82) is 0 Å². The van der Waals surface area contributed by atoms with Gasteiger partial charge in [-0.1, -0.05) is 84.9 Å². The number of hydrogen-bond acceptors (Lipinski definition) is 2. The average molecular weight is 654 g/mol. The van der Waals surface area contributed by atoms with Gasteiger partial charge in [-0.15, -0.1) is 0 Å². The lowest BCUT2D eigenvalue weighted by molar-refractivity contribution is 0.656. The van der Waals surface area contributed by atoms with Crippen molar-refractivity contribution in [2.24, 2.45) is 0 Å². The Bertz CT molecular complexity index is 3320. The van der Waals surface area contributed by atoms with Gasteiger partial charge in [0, 0.05) is 44.0 Å². The predicted octanol–water partition coefficient (Wildman–Crippen LogP) is 11.4. The molecule has 7 aromatic carbocycles. The molecule has 0 aliphatic carbocycles. The van der Waals surface area contributed by atoms with Gasteiger partial charge in [0.15, 0.2) is 0 Å². The van der Waals surface area contributed by atoms with Gasteiger partial charge < -0.3 is 13.6 Å². The first-order valence-electron chi connectivity index (χ1n) is 17.2. The van der Waals surface area contributed by atoms with E-state index in [-0.39, 0.29) is 0 Å². The normalized spacial score (nSPS) is 12.3. The molecule has 0 fully saturated rings. The number of para-hydroxylation sites is 5. The molecule has 5 heterocycles.